The minimum Gasteiger partial charge on any atom is -0.502 e. The van der Waals surface area contributed by atoms with Crippen LogP contribution in [0, 0.1) is 0 Å². The molecular formula is C14H13NO4. The first kappa shape index (κ1) is 12.9. The molecule has 0 saturated carbocycles. The lowest BCUT2D eigenvalue weighted by Crippen LogP contribution is -2.19. The molecule has 1 aromatic carbocycles. The maximum absolute atomic E-state index is 11.8. The molecule has 1 heterocycles. The summed E-state index contributed by atoms with van der Waals surface area (Å²) >= 11 is 0. The summed E-state index contributed by atoms with van der Waals surface area (Å²) in [5.41, 5.74) is 0.0763. The molecule has 2 aromatic rings. The van der Waals surface area contributed by atoms with Crippen molar-refractivity contribution in [3.05, 3.63) is 64.1 Å². The second-order valence-electron chi connectivity index (χ2n) is 4.06. The minimum atomic E-state index is -0.723. The van der Waals surface area contributed by atoms with Crippen molar-refractivity contribution in [1.29, 1.82) is 0 Å². The van der Waals surface area contributed by atoms with Gasteiger partial charge in [-0.05, 0) is 11.6 Å². The third kappa shape index (κ3) is 2.82. The zero-order valence-corrected chi connectivity index (χ0v) is 10.4. The van der Waals surface area contributed by atoms with E-state index in [1.54, 1.807) is 0 Å². The number of ether oxygens (including phenoxy) is 1. The number of carbonyl (C=O) groups excluding carboxylic acids is 1. The highest BCUT2D eigenvalue weighted by Crippen LogP contribution is 2.13. The molecule has 0 aliphatic heterocycles. The average molecular weight is 259 g/mol. The van der Waals surface area contributed by atoms with Gasteiger partial charge in [-0.2, -0.15) is 0 Å². The van der Waals surface area contributed by atoms with Crippen LogP contribution < -0.4 is 5.56 Å². The van der Waals surface area contributed by atoms with Gasteiger partial charge < -0.3 is 14.4 Å². The van der Waals surface area contributed by atoms with Gasteiger partial charge in [0, 0.05) is 13.2 Å². The minimum absolute atomic E-state index is 0.0916. The smallest absolute Gasteiger partial charge is 0.342 e. The van der Waals surface area contributed by atoms with Crippen molar-refractivity contribution < 1.29 is 14.6 Å². The van der Waals surface area contributed by atoms with Crippen molar-refractivity contribution in [2.45, 2.75) is 6.61 Å². The molecule has 1 N–H and O–H groups in total. The average Bonchev–Trinajstić information content (AvgIpc) is 2.43. The molecular weight excluding hydrogens is 246 g/mol. The molecule has 0 saturated heterocycles. The zero-order valence-electron chi connectivity index (χ0n) is 10.4. The van der Waals surface area contributed by atoms with Crippen LogP contribution in [0.2, 0.25) is 0 Å². The number of pyridine rings is 1. The van der Waals surface area contributed by atoms with Gasteiger partial charge in [0.05, 0.1) is 0 Å². The molecule has 98 valence electrons. The molecule has 1 aromatic heterocycles. The van der Waals surface area contributed by atoms with Crippen LogP contribution in [0.5, 0.6) is 5.75 Å². The molecule has 0 bridgehead atoms. The molecule has 2 rings (SSSR count). The van der Waals surface area contributed by atoms with Crippen LogP contribution in [0.1, 0.15) is 15.9 Å². The maximum Gasteiger partial charge on any atom is 0.342 e. The van der Waals surface area contributed by atoms with Gasteiger partial charge in [0.25, 0.3) is 5.56 Å². The summed E-state index contributed by atoms with van der Waals surface area (Å²) in [6.45, 7) is 0.0916. The number of carbonyl (C=O) groups is 1. The highest BCUT2D eigenvalue weighted by atomic mass is 16.5. The van der Waals surface area contributed by atoms with Gasteiger partial charge in [0.1, 0.15) is 12.2 Å². The van der Waals surface area contributed by atoms with Gasteiger partial charge in [-0.15, -0.1) is 0 Å². The van der Waals surface area contributed by atoms with E-state index in [4.69, 9.17) is 4.74 Å². The van der Waals surface area contributed by atoms with Crippen molar-refractivity contribution in [3.8, 4) is 5.75 Å². The second kappa shape index (κ2) is 5.39. The van der Waals surface area contributed by atoms with E-state index in [-0.39, 0.29) is 12.2 Å². The fraction of sp³-hybridized carbons (Fsp3) is 0.143. The Labute approximate surface area is 109 Å². The Bertz CT molecular complexity index is 646. The first-order valence-corrected chi connectivity index (χ1v) is 5.69. The van der Waals surface area contributed by atoms with Crippen molar-refractivity contribution in [3.63, 3.8) is 0 Å². The number of benzene rings is 1. The van der Waals surface area contributed by atoms with Crippen LogP contribution in [0.4, 0.5) is 0 Å². The Morgan fingerprint density at radius 3 is 2.63 bits per heavy atom. The maximum atomic E-state index is 11.8. The largest absolute Gasteiger partial charge is 0.502 e. The van der Waals surface area contributed by atoms with E-state index in [1.165, 1.54) is 23.9 Å². The number of hydrogen-bond donors (Lipinski definition) is 1. The van der Waals surface area contributed by atoms with Gasteiger partial charge in [0.2, 0.25) is 0 Å². The molecule has 0 aliphatic rings. The topological polar surface area (TPSA) is 68.5 Å². The lowest BCUT2D eigenvalue weighted by molar-refractivity contribution is 0.0469. The molecule has 0 spiro atoms. The summed E-state index contributed by atoms with van der Waals surface area (Å²) in [4.78, 5) is 23.2. The first-order valence-electron chi connectivity index (χ1n) is 5.69. The number of aryl methyl sites for hydroxylation is 1. The van der Waals surface area contributed by atoms with Crippen molar-refractivity contribution in [2.24, 2.45) is 7.05 Å². The molecule has 0 atom stereocenters. The van der Waals surface area contributed by atoms with Crippen LogP contribution in [0.25, 0.3) is 0 Å². The normalized spacial score (nSPS) is 10.2. The Morgan fingerprint density at radius 2 is 1.95 bits per heavy atom. The van der Waals surface area contributed by atoms with E-state index < -0.39 is 17.3 Å². The molecule has 0 fully saturated rings. The monoisotopic (exact) mass is 259 g/mol. The lowest BCUT2D eigenvalue weighted by atomic mass is 10.2. The zero-order chi connectivity index (χ0) is 13.8. The van der Waals surface area contributed by atoms with Crippen molar-refractivity contribution in [2.75, 3.05) is 0 Å². The van der Waals surface area contributed by atoms with Crippen LogP contribution in [-0.4, -0.2) is 15.6 Å². The molecule has 19 heavy (non-hydrogen) atoms. The number of aromatic hydroxyl groups is 1. The fourth-order valence-electron chi connectivity index (χ4n) is 1.58. The quantitative estimate of drug-likeness (QED) is 0.847. The number of rotatable bonds is 3. The highest BCUT2D eigenvalue weighted by Gasteiger charge is 2.16. The summed E-state index contributed by atoms with van der Waals surface area (Å²) in [6.07, 6.45) is 1.40. The van der Waals surface area contributed by atoms with Gasteiger partial charge in [0.15, 0.2) is 5.75 Å². The number of nitrogens with zero attached hydrogens (tertiary/aromatic N) is 1. The Balaban J connectivity index is 2.13. The van der Waals surface area contributed by atoms with Gasteiger partial charge in [-0.1, -0.05) is 30.3 Å². The third-order valence-electron chi connectivity index (χ3n) is 2.68. The predicted octanol–water partition coefficient (Wildman–Crippen LogP) is 1.45. The second-order valence-corrected chi connectivity index (χ2v) is 4.06. The van der Waals surface area contributed by atoms with E-state index >= 15 is 0 Å². The molecule has 0 aliphatic carbocycles. The molecule has 0 amide bonds. The van der Waals surface area contributed by atoms with Crippen LogP contribution >= 0.6 is 0 Å². The van der Waals surface area contributed by atoms with Crippen molar-refractivity contribution >= 4 is 5.97 Å². The fourth-order valence-corrected chi connectivity index (χ4v) is 1.58. The van der Waals surface area contributed by atoms with E-state index in [1.807, 2.05) is 30.3 Å². The Kier molecular flexibility index (Phi) is 3.66. The summed E-state index contributed by atoms with van der Waals surface area (Å²) in [6, 6.07) is 10.5. The summed E-state index contributed by atoms with van der Waals surface area (Å²) in [5, 5.41) is 9.61. The van der Waals surface area contributed by atoms with E-state index in [2.05, 4.69) is 0 Å². The Hall–Kier alpha value is -2.56. The predicted molar refractivity (Wildman–Crippen MR) is 68.9 cm³/mol. The molecule has 5 nitrogen and oxygen atoms in total. The van der Waals surface area contributed by atoms with Crippen LogP contribution in [0.3, 0.4) is 0 Å². The standard InChI is InChI=1S/C14H13NO4/c1-15-8-7-11(12(16)13(15)17)14(18)19-9-10-5-3-2-4-6-10/h2-8,16H,9H2,1H3. The summed E-state index contributed by atoms with van der Waals surface area (Å²) in [5.74, 6) is -1.32. The first-order chi connectivity index (χ1) is 9.09. The number of esters is 1. The van der Waals surface area contributed by atoms with Gasteiger partial charge >= 0.3 is 5.97 Å². The van der Waals surface area contributed by atoms with Gasteiger partial charge in [-0.3, -0.25) is 4.79 Å². The van der Waals surface area contributed by atoms with E-state index in [0.717, 1.165) is 5.56 Å². The Morgan fingerprint density at radius 1 is 1.26 bits per heavy atom. The highest BCUT2D eigenvalue weighted by molar-refractivity contribution is 5.92. The van der Waals surface area contributed by atoms with Crippen LogP contribution in [-0.2, 0) is 18.4 Å². The number of aromatic nitrogens is 1. The lowest BCUT2D eigenvalue weighted by Gasteiger charge is -2.07. The summed E-state index contributed by atoms with van der Waals surface area (Å²) in [7, 11) is 1.49. The van der Waals surface area contributed by atoms with Crippen LogP contribution in [0.15, 0.2) is 47.4 Å². The van der Waals surface area contributed by atoms with E-state index in [9.17, 15) is 14.7 Å². The summed E-state index contributed by atoms with van der Waals surface area (Å²) < 4.78 is 6.23. The van der Waals surface area contributed by atoms with Crippen molar-refractivity contribution in [1.82, 2.24) is 4.57 Å². The SMILES string of the molecule is Cn1ccc(C(=O)OCc2ccccc2)c(O)c1=O. The molecule has 5 heteroatoms. The van der Waals surface area contributed by atoms with E-state index in [0.29, 0.717) is 0 Å². The molecule has 0 radical (unpaired) electrons. The molecule has 0 unspecified atom stereocenters. The number of hydrogen-bond acceptors (Lipinski definition) is 4. The third-order valence-corrected chi connectivity index (χ3v) is 2.68. The van der Waals surface area contributed by atoms with Gasteiger partial charge in [-0.25, -0.2) is 4.79 Å².